The normalized spacial score (nSPS) is 30.9. The molecule has 2 spiro atoms. The van der Waals surface area contributed by atoms with E-state index in [-0.39, 0.29) is 27.4 Å². The number of hydrogen-bond acceptors (Lipinski definition) is 2. The van der Waals surface area contributed by atoms with E-state index in [9.17, 15) is 4.79 Å². The molecular weight excluding hydrogens is 731 g/mol. The van der Waals surface area contributed by atoms with Gasteiger partial charge in [0.15, 0.2) is 11.6 Å². The lowest BCUT2D eigenvalue weighted by Gasteiger charge is -2.59. The van der Waals surface area contributed by atoms with Crippen molar-refractivity contribution in [2.75, 3.05) is 0 Å². The van der Waals surface area contributed by atoms with Crippen LogP contribution in [0, 0.1) is 5.41 Å². The number of hydrogen-bond donors (Lipinski definition) is 0. The number of aromatic nitrogens is 1. The third-order valence-corrected chi connectivity index (χ3v) is 19.1. The number of carbonyl (C=O) groups is 2. The van der Waals surface area contributed by atoms with Crippen molar-refractivity contribution in [1.82, 2.24) is 4.40 Å². The Morgan fingerprint density at radius 3 is 1.72 bits per heavy atom. The standard InChI is InChI=1S/C57H47NO2/c1-52-22-24-53(2,25-23-52)50(59)34-29-45-32(26-42(34)52)33-27-44-47(31-14-6-7-15-37(31)56(44)20-12-5-13-21-56)48-36-28-43-35(30-46(36)58(45)49(33)48)51(60)55(4)39-17-9-8-16-38(39)54(3)40-18-10-11-19-41(40)57(43,54)55/h6-11,14-19,26-30H,5,12-13,20-25H2,1-4H3. The van der Waals surface area contributed by atoms with Crippen LogP contribution in [0.25, 0.3) is 49.2 Å². The maximum Gasteiger partial charge on any atom is 0.174 e. The van der Waals surface area contributed by atoms with E-state index in [2.05, 4.69) is 135 Å². The minimum absolute atomic E-state index is 0.0184. The molecule has 2 aromatic heterocycles. The fraction of sp³-hybridized carbons (Fsp3) is 0.333. The molecule has 0 saturated heterocycles. The highest BCUT2D eigenvalue weighted by molar-refractivity contribution is 6.30. The highest BCUT2D eigenvalue weighted by Crippen LogP contribution is 2.78. The molecule has 3 unspecified atom stereocenters. The Bertz CT molecular complexity index is 3420. The van der Waals surface area contributed by atoms with Gasteiger partial charge in [0.25, 0.3) is 0 Å². The summed E-state index contributed by atoms with van der Waals surface area (Å²) in [6.45, 7) is 9.32. The maximum absolute atomic E-state index is 15.7. The smallest absolute Gasteiger partial charge is 0.174 e. The maximum atomic E-state index is 15.7. The van der Waals surface area contributed by atoms with Crippen molar-refractivity contribution in [3.8, 4) is 11.1 Å². The molecule has 60 heavy (non-hydrogen) atoms. The fourth-order valence-electron chi connectivity index (χ4n) is 16.3. The number of fused-ring (bicyclic) bond motifs is 20. The number of benzene rings is 6. The molecule has 0 radical (unpaired) electrons. The minimum Gasteiger partial charge on any atom is -0.308 e. The van der Waals surface area contributed by atoms with Gasteiger partial charge in [0.2, 0.25) is 0 Å². The number of carbonyl (C=O) groups excluding carboxylic acids is 2. The van der Waals surface area contributed by atoms with Gasteiger partial charge >= 0.3 is 0 Å². The van der Waals surface area contributed by atoms with Gasteiger partial charge in [-0.25, -0.2) is 0 Å². The van der Waals surface area contributed by atoms with Crippen LogP contribution in [-0.2, 0) is 27.1 Å². The summed E-state index contributed by atoms with van der Waals surface area (Å²) in [5.41, 5.74) is 16.6. The Labute approximate surface area is 350 Å². The van der Waals surface area contributed by atoms with E-state index < -0.39 is 10.8 Å². The van der Waals surface area contributed by atoms with E-state index >= 15 is 4.79 Å². The molecule has 3 nitrogen and oxygen atoms in total. The topological polar surface area (TPSA) is 38.5 Å². The molecule has 0 amide bonds. The number of ketones is 2. The number of nitrogens with zero attached hydrogens (tertiary/aromatic N) is 1. The molecular formula is C57H47NO2. The molecule has 0 aliphatic heterocycles. The SMILES string of the molecule is CC12CCC(C)(CC1)c1cc3c4cc5c(c6c7cc8c(cc7n(c3cc1C2=O)c46)C(=O)C1(C)c2ccccc2C2(C)c3ccccc3C812)-c1ccccc1C51CCCCC1. The Balaban J connectivity index is 1.14. The Kier molecular flexibility index (Phi) is 5.43. The number of rotatable bonds is 0. The summed E-state index contributed by atoms with van der Waals surface area (Å²) in [4.78, 5) is 30.5. The monoisotopic (exact) mass is 777 g/mol. The van der Waals surface area contributed by atoms with Gasteiger partial charge in [-0.05, 0) is 137 Å². The molecule has 2 heterocycles. The molecule has 2 fully saturated rings. The van der Waals surface area contributed by atoms with Crippen molar-refractivity contribution in [2.45, 2.75) is 113 Å². The van der Waals surface area contributed by atoms with Crippen molar-refractivity contribution >= 4 is 49.7 Å². The van der Waals surface area contributed by atoms with Crippen molar-refractivity contribution in [3.63, 3.8) is 0 Å². The van der Waals surface area contributed by atoms with Crippen molar-refractivity contribution in [1.29, 1.82) is 0 Å². The van der Waals surface area contributed by atoms with Crippen LogP contribution in [0.3, 0.4) is 0 Å². The average molecular weight is 778 g/mol. The van der Waals surface area contributed by atoms with Crippen molar-refractivity contribution in [3.05, 3.63) is 159 Å². The van der Waals surface area contributed by atoms with Crippen LogP contribution in [0.2, 0.25) is 0 Å². The molecule has 8 aliphatic rings. The molecule has 3 heteroatoms. The van der Waals surface area contributed by atoms with E-state index in [4.69, 9.17) is 0 Å². The second-order valence-corrected chi connectivity index (χ2v) is 21.3. The first kappa shape index (κ1) is 33.2. The van der Waals surface area contributed by atoms with Gasteiger partial charge in [-0.1, -0.05) is 113 Å². The summed E-state index contributed by atoms with van der Waals surface area (Å²) in [5, 5.41) is 5.13. The molecule has 2 saturated carbocycles. The predicted molar refractivity (Wildman–Crippen MR) is 240 cm³/mol. The lowest BCUT2D eigenvalue weighted by atomic mass is 9.41. The quantitative estimate of drug-likeness (QED) is 0.154. The van der Waals surface area contributed by atoms with E-state index in [0.717, 1.165) is 47.8 Å². The fourth-order valence-corrected chi connectivity index (χ4v) is 16.3. The van der Waals surface area contributed by atoms with Gasteiger partial charge in [-0.3, -0.25) is 9.59 Å². The van der Waals surface area contributed by atoms with E-state index in [1.54, 1.807) is 0 Å². The first-order valence-electron chi connectivity index (χ1n) is 22.8. The molecule has 8 aliphatic carbocycles. The molecule has 6 aromatic carbocycles. The summed E-state index contributed by atoms with van der Waals surface area (Å²) in [7, 11) is 0. The molecule has 0 N–H and O–H groups in total. The van der Waals surface area contributed by atoms with Gasteiger partial charge in [0.1, 0.15) is 0 Å². The van der Waals surface area contributed by atoms with Gasteiger partial charge in [0.05, 0.1) is 27.4 Å². The van der Waals surface area contributed by atoms with Crippen molar-refractivity contribution in [2.24, 2.45) is 5.41 Å². The highest BCUT2D eigenvalue weighted by Gasteiger charge is 2.80. The average Bonchev–Trinajstić information content (AvgIpc) is 3.94. The molecule has 292 valence electrons. The summed E-state index contributed by atoms with van der Waals surface area (Å²) < 4.78 is 2.50. The summed E-state index contributed by atoms with van der Waals surface area (Å²) in [5.74, 6) is 0.549. The minimum atomic E-state index is -0.744. The molecule has 3 atom stereocenters. The third kappa shape index (κ3) is 3.05. The van der Waals surface area contributed by atoms with Gasteiger partial charge in [0, 0.05) is 48.9 Å². The van der Waals surface area contributed by atoms with E-state index in [0.29, 0.717) is 5.78 Å². The zero-order chi connectivity index (χ0) is 40.1. The Morgan fingerprint density at radius 1 is 0.450 bits per heavy atom. The number of Topliss-reactive ketones (excluding diaryl/α,β-unsaturated/α-hetero) is 2. The lowest BCUT2D eigenvalue weighted by molar-refractivity contribution is 0.0731. The van der Waals surface area contributed by atoms with E-state index in [1.807, 2.05) is 0 Å². The summed E-state index contributed by atoms with van der Waals surface area (Å²) in [6.07, 6.45) is 10.1. The Hall–Kier alpha value is -5.54. The van der Waals surface area contributed by atoms with Crippen molar-refractivity contribution < 1.29 is 9.59 Å². The summed E-state index contributed by atoms with van der Waals surface area (Å²) >= 11 is 0. The lowest BCUT2D eigenvalue weighted by Crippen LogP contribution is -2.61. The van der Waals surface area contributed by atoms with Crippen LogP contribution < -0.4 is 0 Å². The largest absolute Gasteiger partial charge is 0.308 e. The predicted octanol–water partition coefficient (Wildman–Crippen LogP) is 13.2. The second-order valence-electron chi connectivity index (χ2n) is 21.3. The van der Waals surface area contributed by atoms with Crippen LogP contribution >= 0.6 is 0 Å². The zero-order valence-electron chi connectivity index (χ0n) is 34.9. The first-order valence-corrected chi connectivity index (χ1v) is 22.8. The highest BCUT2D eigenvalue weighted by atomic mass is 16.1. The molecule has 2 bridgehead atoms. The van der Waals surface area contributed by atoms with Crippen LogP contribution in [0.4, 0.5) is 0 Å². The van der Waals surface area contributed by atoms with Crippen LogP contribution in [-0.4, -0.2) is 16.0 Å². The second kappa shape index (κ2) is 9.81. The summed E-state index contributed by atoms with van der Waals surface area (Å²) in [6, 6.07) is 39.3. The van der Waals surface area contributed by atoms with Gasteiger partial charge in [-0.15, -0.1) is 0 Å². The molecule has 16 rings (SSSR count). The van der Waals surface area contributed by atoms with Crippen LogP contribution in [0.15, 0.2) is 103 Å². The Morgan fingerprint density at radius 2 is 1.00 bits per heavy atom. The van der Waals surface area contributed by atoms with Gasteiger partial charge < -0.3 is 4.40 Å². The van der Waals surface area contributed by atoms with Gasteiger partial charge in [-0.2, -0.15) is 0 Å². The zero-order valence-corrected chi connectivity index (χ0v) is 34.9. The molecule has 8 aromatic rings. The third-order valence-electron chi connectivity index (χ3n) is 19.1. The van der Waals surface area contributed by atoms with E-state index in [1.165, 1.54) is 115 Å². The van der Waals surface area contributed by atoms with Crippen LogP contribution in [0.5, 0.6) is 0 Å². The van der Waals surface area contributed by atoms with Crippen LogP contribution in [0.1, 0.15) is 151 Å². The first-order chi connectivity index (χ1) is 29.0.